The molecule has 1 heterocycles. The molecule has 0 fully saturated rings. The van der Waals surface area contributed by atoms with Crippen molar-refractivity contribution in [2.45, 2.75) is 6.92 Å². The Morgan fingerprint density at radius 2 is 1.96 bits per heavy atom. The second-order valence-corrected chi connectivity index (χ2v) is 5.41. The summed E-state index contributed by atoms with van der Waals surface area (Å²) >= 11 is 0. The summed E-state index contributed by atoms with van der Waals surface area (Å²) in [6.07, 6.45) is 1.49. The van der Waals surface area contributed by atoms with Gasteiger partial charge in [0.15, 0.2) is 0 Å². The summed E-state index contributed by atoms with van der Waals surface area (Å²) in [6.45, 7) is 2.54. The third-order valence-electron chi connectivity index (χ3n) is 3.56. The lowest BCUT2D eigenvalue weighted by atomic mass is 10.1. The fraction of sp³-hybridized carbons (Fsp3) is 0.105. The number of nitrogens with one attached hydrogen (secondary N) is 2. The standard InChI is InChI=1S/C19H18N4O3/c1-2-26-16-9-5-14(6-10-16)17-11-18(22-21-17)19(25)23-20-12-13-3-7-15(24)8-4-13/h3-12,24H,2H2,1H3,(H,21,22)(H,23,25)/b20-12+. The fourth-order valence-corrected chi connectivity index (χ4v) is 2.26. The highest BCUT2D eigenvalue weighted by Crippen LogP contribution is 2.21. The molecule has 3 N–H and O–H groups in total. The van der Waals surface area contributed by atoms with Crippen LogP contribution >= 0.6 is 0 Å². The Labute approximate surface area is 150 Å². The van der Waals surface area contributed by atoms with E-state index in [1.54, 1.807) is 30.3 Å². The van der Waals surface area contributed by atoms with Crippen molar-refractivity contribution in [3.63, 3.8) is 0 Å². The molecule has 1 aromatic heterocycles. The molecule has 26 heavy (non-hydrogen) atoms. The van der Waals surface area contributed by atoms with E-state index >= 15 is 0 Å². The zero-order chi connectivity index (χ0) is 18.4. The molecule has 0 saturated carbocycles. The summed E-state index contributed by atoms with van der Waals surface area (Å²) in [6, 6.07) is 15.6. The monoisotopic (exact) mass is 350 g/mol. The molecule has 0 radical (unpaired) electrons. The van der Waals surface area contributed by atoms with Crippen LogP contribution < -0.4 is 10.2 Å². The quantitative estimate of drug-likeness (QED) is 0.470. The Balaban J connectivity index is 1.63. The first-order chi connectivity index (χ1) is 12.7. The summed E-state index contributed by atoms with van der Waals surface area (Å²) in [5.41, 5.74) is 5.01. The smallest absolute Gasteiger partial charge is 0.289 e. The number of aromatic amines is 1. The number of amides is 1. The summed E-state index contributed by atoms with van der Waals surface area (Å²) < 4.78 is 5.41. The van der Waals surface area contributed by atoms with Crippen molar-refractivity contribution in [1.29, 1.82) is 0 Å². The van der Waals surface area contributed by atoms with Gasteiger partial charge < -0.3 is 9.84 Å². The van der Waals surface area contributed by atoms with Crippen molar-refractivity contribution in [2.24, 2.45) is 5.10 Å². The number of hydrogen-bond donors (Lipinski definition) is 3. The number of phenolic OH excluding ortho intramolecular Hbond substituents is 1. The predicted molar refractivity (Wildman–Crippen MR) is 98.4 cm³/mol. The van der Waals surface area contributed by atoms with E-state index in [4.69, 9.17) is 4.74 Å². The molecule has 2 aromatic carbocycles. The Hall–Kier alpha value is -3.61. The molecule has 1 amide bonds. The van der Waals surface area contributed by atoms with Crippen molar-refractivity contribution in [3.05, 3.63) is 65.9 Å². The van der Waals surface area contributed by atoms with Crippen LogP contribution in [0.25, 0.3) is 11.3 Å². The number of carbonyl (C=O) groups is 1. The van der Waals surface area contributed by atoms with Crippen molar-refractivity contribution in [2.75, 3.05) is 6.61 Å². The van der Waals surface area contributed by atoms with Crippen LogP contribution in [0.4, 0.5) is 0 Å². The highest BCUT2D eigenvalue weighted by Gasteiger charge is 2.10. The van der Waals surface area contributed by atoms with Crippen LogP contribution in [0.5, 0.6) is 11.5 Å². The summed E-state index contributed by atoms with van der Waals surface area (Å²) in [5, 5.41) is 20.0. The fourth-order valence-electron chi connectivity index (χ4n) is 2.26. The van der Waals surface area contributed by atoms with Gasteiger partial charge in [-0.05, 0) is 67.1 Å². The third kappa shape index (κ3) is 4.27. The maximum Gasteiger partial charge on any atom is 0.289 e. The molecule has 3 rings (SSSR count). The van der Waals surface area contributed by atoms with Crippen molar-refractivity contribution in [1.82, 2.24) is 15.6 Å². The number of benzene rings is 2. The molecule has 0 spiro atoms. The van der Waals surface area contributed by atoms with Crippen LogP contribution in [0.2, 0.25) is 0 Å². The van der Waals surface area contributed by atoms with Gasteiger partial charge in [0, 0.05) is 5.56 Å². The lowest BCUT2D eigenvalue weighted by Crippen LogP contribution is -2.17. The van der Waals surface area contributed by atoms with E-state index in [0.717, 1.165) is 16.9 Å². The Kier molecular flexibility index (Phi) is 5.28. The van der Waals surface area contributed by atoms with E-state index in [1.165, 1.54) is 6.21 Å². The Morgan fingerprint density at radius 1 is 1.23 bits per heavy atom. The molecule has 0 aliphatic heterocycles. The Bertz CT molecular complexity index is 899. The number of carbonyl (C=O) groups excluding carboxylic acids is 1. The molecule has 0 aliphatic rings. The number of rotatable bonds is 6. The van der Waals surface area contributed by atoms with Crippen molar-refractivity contribution in [3.8, 4) is 22.8 Å². The van der Waals surface area contributed by atoms with Gasteiger partial charge in [-0.2, -0.15) is 10.2 Å². The Morgan fingerprint density at radius 3 is 2.65 bits per heavy atom. The van der Waals surface area contributed by atoms with E-state index in [2.05, 4.69) is 20.7 Å². The van der Waals surface area contributed by atoms with Crippen LogP contribution in [0.15, 0.2) is 59.7 Å². The molecule has 132 valence electrons. The zero-order valence-electron chi connectivity index (χ0n) is 14.1. The first-order valence-electron chi connectivity index (χ1n) is 8.07. The number of phenols is 1. The number of H-pyrrole nitrogens is 1. The third-order valence-corrected chi connectivity index (χ3v) is 3.56. The lowest BCUT2D eigenvalue weighted by molar-refractivity contribution is 0.0950. The SMILES string of the molecule is CCOc1ccc(-c2cc(C(=O)N/N=C/c3ccc(O)cc3)[nH]n2)cc1. The summed E-state index contributed by atoms with van der Waals surface area (Å²) in [4.78, 5) is 12.1. The van der Waals surface area contributed by atoms with Gasteiger partial charge in [-0.25, -0.2) is 5.43 Å². The number of ether oxygens (including phenoxy) is 1. The second-order valence-electron chi connectivity index (χ2n) is 5.41. The van der Waals surface area contributed by atoms with Gasteiger partial charge >= 0.3 is 0 Å². The molecule has 0 atom stereocenters. The molecular formula is C19H18N4O3. The minimum atomic E-state index is -0.398. The highest BCUT2D eigenvalue weighted by molar-refractivity contribution is 5.94. The van der Waals surface area contributed by atoms with Crippen LogP contribution in [-0.2, 0) is 0 Å². The molecule has 7 nitrogen and oxygen atoms in total. The van der Waals surface area contributed by atoms with Gasteiger partial charge in [0.25, 0.3) is 5.91 Å². The number of nitrogens with zero attached hydrogens (tertiary/aromatic N) is 2. The molecule has 0 aliphatic carbocycles. The summed E-state index contributed by atoms with van der Waals surface area (Å²) in [5.74, 6) is 0.559. The number of hydrogen-bond acceptors (Lipinski definition) is 5. The molecule has 0 bridgehead atoms. The number of aromatic nitrogens is 2. The van der Waals surface area contributed by atoms with Crippen molar-refractivity contribution >= 4 is 12.1 Å². The van der Waals surface area contributed by atoms with E-state index in [9.17, 15) is 9.90 Å². The topological polar surface area (TPSA) is 99.6 Å². The molecule has 3 aromatic rings. The van der Waals surface area contributed by atoms with Crippen LogP contribution in [-0.4, -0.2) is 34.0 Å². The van der Waals surface area contributed by atoms with E-state index in [1.807, 2.05) is 31.2 Å². The first-order valence-corrected chi connectivity index (χ1v) is 8.07. The number of hydrazone groups is 1. The molecule has 7 heteroatoms. The van der Waals surface area contributed by atoms with Crippen LogP contribution in [0.1, 0.15) is 23.0 Å². The van der Waals surface area contributed by atoms with Gasteiger partial charge in [0.1, 0.15) is 17.2 Å². The maximum absolute atomic E-state index is 12.1. The van der Waals surface area contributed by atoms with Crippen molar-refractivity contribution < 1.29 is 14.6 Å². The lowest BCUT2D eigenvalue weighted by Gasteiger charge is -2.02. The minimum absolute atomic E-state index is 0.172. The van der Waals surface area contributed by atoms with Crippen LogP contribution in [0, 0.1) is 0 Å². The molecule has 0 saturated heterocycles. The molecular weight excluding hydrogens is 332 g/mol. The van der Waals surface area contributed by atoms with Gasteiger partial charge in [-0.3, -0.25) is 9.89 Å². The van der Waals surface area contributed by atoms with Gasteiger partial charge in [0.2, 0.25) is 0 Å². The van der Waals surface area contributed by atoms with E-state index in [0.29, 0.717) is 18.0 Å². The summed E-state index contributed by atoms with van der Waals surface area (Å²) in [7, 11) is 0. The van der Waals surface area contributed by atoms with Gasteiger partial charge in [0.05, 0.1) is 18.5 Å². The average molecular weight is 350 g/mol. The average Bonchev–Trinajstić information content (AvgIpc) is 3.14. The zero-order valence-corrected chi connectivity index (χ0v) is 14.1. The van der Waals surface area contributed by atoms with Crippen LogP contribution in [0.3, 0.4) is 0 Å². The van der Waals surface area contributed by atoms with E-state index < -0.39 is 5.91 Å². The second kappa shape index (κ2) is 7.98. The van der Waals surface area contributed by atoms with E-state index in [-0.39, 0.29) is 5.75 Å². The molecule has 0 unspecified atom stereocenters. The normalized spacial score (nSPS) is 10.8. The first kappa shape index (κ1) is 17.2. The highest BCUT2D eigenvalue weighted by atomic mass is 16.5. The minimum Gasteiger partial charge on any atom is -0.508 e. The number of aromatic hydroxyl groups is 1. The predicted octanol–water partition coefficient (Wildman–Crippen LogP) is 2.94. The maximum atomic E-state index is 12.1. The largest absolute Gasteiger partial charge is 0.508 e. The van der Waals surface area contributed by atoms with Gasteiger partial charge in [-0.15, -0.1) is 0 Å². The van der Waals surface area contributed by atoms with Gasteiger partial charge in [-0.1, -0.05) is 0 Å².